The van der Waals surface area contributed by atoms with Gasteiger partial charge in [-0.15, -0.1) is 11.3 Å². The summed E-state index contributed by atoms with van der Waals surface area (Å²) >= 11 is 1.75. The van der Waals surface area contributed by atoms with Gasteiger partial charge in [0.05, 0.1) is 6.04 Å². The first kappa shape index (κ1) is 22.6. The van der Waals surface area contributed by atoms with Gasteiger partial charge >= 0.3 is 0 Å². The van der Waals surface area contributed by atoms with Crippen molar-refractivity contribution in [3.8, 4) is 11.1 Å². The Kier molecular flexibility index (Phi) is 6.13. The summed E-state index contributed by atoms with van der Waals surface area (Å²) in [6.45, 7) is 6.11. The van der Waals surface area contributed by atoms with Crippen molar-refractivity contribution >= 4 is 44.8 Å². The van der Waals surface area contributed by atoms with Crippen LogP contribution in [-0.2, 0) is 9.59 Å². The highest BCUT2D eigenvalue weighted by Crippen LogP contribution is 2.37. The number of carbonyl (C=O) groups is 2. The van der Waals surface area contributed by atoms with Crippen molar-refractivity contribution < 1.29 is 9.59 Å². The minimum Gasteiger partial charge on any atom is -0.344 e. The van der Waals surface area contributed by atoms with E-state index in [4.69, 9.17) is 4.99 Å². The Morgan fingerprint density at radius 2 is 1.97 bits per heavy atom. The highest BCUT2D eigenvalue weighted by Gasteiger charge is 2.38. The predicted molar refractivity (Wildman–Crippen MR) is 139 cm³/mol. The van der Waals surface area contributed by atoms with Crippen molar-refractivity contribution in [3.63, 3.8) is 0 Å². The SMILES string of the molecule is CC(=O)N[C@H](C(=O)N1CCCC1C1=NC=C(n2ccc3c(-c4ccccc4)csc32)C1)C(C)C. The number of likely N-dealkylation sites (tertiary alicyclic amines) is 1. The maximum absolute atomic E-state index is 13.3. The van der Waals surface area contributed by atoms with Gasteiger partial charge in [-0.1, -0.05) is 44.2 Å². The molecule has 0 radical (unpaired) electrons. The van der Waals surface area contributed by atoms with Crippen molar-refractivity contribution in [1.82, 2.24) is 14.8 Å². The van der Waals surface area contributed by atoms with Crippen molar-refractivity contribution in [2.45, 2.75) is 52.1 Å². The van der Waals surface area contributed by atoms with Crippen LogP contribution in [0.25, 0.3) is 27.0 Å². The number of aromatic nitrogens is 1. The number of carbonyl (C=O) groups excluding carboxylic acids is 2. The molecular formula is C27H30N4O2S. The van der Waals surface area contributed by atoms with Crippen LogP contribution >= 0.6 is 11.3 Å². The molecule has 1 unspecified atom stereocenters. The van der Waals surface area contributed by atoms with E-state index in [1.54, 1.807) is 11.3 Å². The van der Waals surface area contributed by atoms with E-state index in [-0.39, 0.29) is 23.8 Å². The lowest BCUT2D eigenvalue weighted by Gasteiger charge is -2.31. The number of benzene rings is 1. The van der Waals surface area contributed by atoms with Gasteiger partial charge in [-0.2, -0.15) is 0 Å². The van der Waals surface area contributed by atoms with Gasteiger partial charge in [0.1, 0.15) is 10.9 Å². The smallest absolute Gasteiger partial charge is 0.245 e. The summed E-state index contributed by atoms with van der Waals surface area (Å²) in [4.78, 5) is 32.9. The van der Waals surface area contributed by atoms with Crippen LogP contribution in [0.3, 0.4) is 0 Å². The van der Waals surface area contributed by atoms with E-state index in [0.717, 1.165) is 30.7 Å². The Labute approximate surface area is 204 Å². The average molecular weight is 475 g/mol. The predicted octanol–water partition coefficient (Wildman–Crippen LogP) is 5.16. The van der Waals surface area contributed by atoms with Gasteiger partial charge in [-0.25, -0.2) is 0 Å². The van der Waals surface area contributed by atoms with Crippen molar-refractivity contribution in [3.05, 3.63) is 54.2 Å². The molecule has 4 heterocycles. The zero-order valence-electron chi connectivity index (χ0n) is 19.8. The summed E-state index contributed by atoms with van der Waals surface area (Å²) in [6.07, 6.45) is 6.67. The number of nitrogens with one attached hydrogen (secondary N) is 1. The monoisotopic (exact) mass is 474 g/mol. The Balaban J connectivity index is 1.34. The Morgan fingerprint density at radius 1 is 1.18 bits per heavy atom. The number of rotatable bonds is 6. The Hall–Kier alpha value is -3.19. The molecule has 1 N–H and O–H groups in total. The minimum absolute atomic E-state index is 0.00188. The van der Waals surface area contributed by atoms with Crippen molar-refractivity contribution in [2.75, 3.05) is 6.54 Å². The summed E-state index contributed by atoms with van der Waals surface area (Å²) < 4.78 is 2.23. The minimum atomic E-state index is -0.501. The molecule has 0 saturated carbocycles. The molecule has 7 heteroatoms. The van der Waals surface area contributed by atoms with Gasteiger partial charge in [0, 0.05) is 60.0 Å². The molecule has 0 spiro atoms. The molecule has 1 fully saturated rings. The molecule has 0 aliphatic carbocycles. The number of thiophene rings is 1. The molecule has 2 amide bonds. The standard InChI is InChI=1S/C27H30N4O2S/c1-17(2)25(29-18(3)32)26(33)31-12-7-10-24(31)23-14-20(15-28-23)30-13-11-21-22(16-34-27(21)30)19-8-5-4-6-9-19/h4-6,8-9,11,13,15-17,24-25H,7,10,12,14H2,1-3H3,(H,29,32)/t24?,25-/m0/s1. The summed E-state index contributed by atoms with van der Waals surface area (Å²) in [5.41, 5.74) is 4.65. The van der Waals surface area contributed by atoms with Crippen LogP contribution in [0.2, 0.25) is 0 Å². The third-order valence-corrected chi connectivity index (χ3v) is 7.76. The van der Waals surface area contributed by atoms with Gasteiger partial charge < -0.3 is 14.8 Å². The number of amides is 2. The largest absolute Gasteiger partial charge is 0.344 e. The van der Waals surface area contributed by atoms with Crippen LogP contribution in [0.15, 0.2) is 59.2 Å². The number of hydrogen-bond donors (Lipinski definition) is 1. The Morgan fingerprint density at radius 3 is 2.71 bits per heavy atom. The molecule has 2 atom stereocenters. The summed E-state index contributed by atoms with van der Waals surface area (Å²) in [5.74, 6) is -0.145. The second-order valence-corrected chi connectivity index (χ2v) is 10.3. The molecule has 176 valence electrons. The van der Waals surface area contributed by atoms with Crippen LogP contribution in [0.4, 0.5) is 0 Å². The second kappa shape index (κ2) is 9.22. The maximum atomic E-state index is 13.3. The third-order valence-electron chi connectivity index (χ3n) is 6.77. The molecule has 2 aliphatic heterocycles. The van der Waals surface area contributed by atoms with Crippen LogP contribution in [0.1, 0.15) is 40.0 Å². The number of hydrogen-bond acceptors (Lipinski definition) is 4. The molecular weight excluding hydrogens is 444 g/mol. The summed E-state index contributed by atoms with van der Waals surface area (Å²) in [7, 11) is 0. The number of aliphatic imine (C=N–C) groups is 1. The first-order valence-corrected chi connectivity index (χ1v) is 12.8. The molecule has 0 bridgehead atoms. The van der Waals surface area contributed by atoms with E-state index in [0.29, 0.717) is 6.54 Å². The van der Waals surface area contributed by atoms with E-state index in [9.17, 15) is 9.59 Å². The fourth-order valence-electron chi connectivity index (χ4n) is 5.06. The van der Waals surface area contributed by atoms with Crippen LogP contribution < -0.4 is 5.32 Å². The lowest BCUT2D eigenvalue weighted by atomic mass is 10.0. The van der Waals surface area contributed by atoms with Crippen molar-refractivity contribution in [2.24, 2.45) is 10.9 Å². The molecule has 34 heavy (non-hydrogen) atoms. The zero-order valence-corrected chi connectivity index (χ0v) is 20.6. The molecule has 2 aliphatic rings. The summed E-state index contributed by atoms with van der Waals surface area (Å²) in [6, 6.07) is 12.1. The van der Waals surface area contributed by atoms with Crippen LogP contribution in [0, 0.1) is 5.92 Å². The highest BCUT2D eigenvalue weighted by molar-refractivity contribution is 7.17. The van der Waals surface area contributed by atoms with Crippen LogP contribution in [0.5, 0.6) is 0 Å². The normalized spacial score (nSPS) is 18.9. The first-order chi connectivity index (χ1) is 16.4. The van der Waals surface area contributed by atoms with Gasteiger partial charge in [0.25, 0.3) is 0 Å². The van der Waals surface area contributed by atoms with E-state index in [2.05, 4.69) is 51.8 Å². The van der Waals surface area contributed by atoms with E-state index < -0.39 is 6.04 Å². The number of fused-ring (bicyclic) bond motifs is 1. The number of nitrogens with zero attached hydrogens (tertiary/aromatic N) is 3. The van der Waals surface area contributed by atoms with E-state index in [1.165, 1.54) is 28.3 Å². The fourth-order valence-corrected chi connectivity index (χ4v) is 6.15. The lowest BCUT2D eigenvalue weighted by Crippen LogP contribution is -2.53. The number of allylic oxidation sites excluding steroid dienone is 1. The first-order valence-electron chi connectivity index (χ1n) is 11.9. The summed E-state index contributed by atoms with van der Waals surface area (Å²) in [5, 5.41) is 6.32. The van der Waals surface area contributed by atoms with E-state index >= 15 is 0 Å². The van der Waals surface area contributed by atoms with Gasteiger partial charge in [0.15, 0.2) is 0 Å². The second-order valence-electron chi connectivity index (χ2n) is 9.45. The average Bonchev–Trinajstić information content (AvgIpc) is 3.60. The molecule has 1 aromatic carbocycles. The van der Waals surface area contributed by atoms with Gasteiger partial charge in [0.2, 0.25) is 11.8 Å². The van der Waals surface area contributed by atoms with Crippen molar-refractivity contribution in [1.29, 1.82) is 0 Å². The van der Waals surface area contributed by atoms with Crippen LogP contribution in [-0.4, -0.2) is 45.6 Å². The lowest BCUT2D eigenvalue weighted by molar-refractivity contribution is -0.137. The van der Waals surface area contributed by atoms with Gasteiger partial charge in [-0.05, 0) is 30.4 Å². The Bertz CT molecular complexity index is 1280. The molecule has 1 saturated heterocycles. The highest BCUT2D eigenvalue weighted by atomic mass is 32.1. The topological polar surface area (TPSA) is 66.7 Å². The quantitative estimate of drug-likeness (QED) is 0.536. The molecule has 3 aromatic rings. The zero-order chi connectivity index (χ0) is 23.8. The van der Waals surface area contributed by atoms with E-state index in [1.807, 2.05) is 31.0 Å². The third kappa shape index (κ3) is 4.09. The molecule has 5 rings (SSSR count). The van der Waals surface area contributed by atoms with Gasteiger partial charge in [-0.3, -0.25) is 14.6 Å². The molecule has 2 aromatic heterocycles. The maximum Gasteiger partial charge on any atom is 0.245 e. The fraction of sp³-hybridized carbons (Fsp3) is 0.370. The molecule has 6 nitrogen and oxygen atoms in total.